The number of amides is 1. The Balaban J connectivity index is 1.81. The molecule has 0 saturated heterocycles. The van der Waals surface area contributed by atoms with Crippen molar-refractivity contribution >= 4 is 33.4 Å². The molecule has 0 fully saturated rings. The Labute approximate surface area is 136 Å². The molecule has 0 bridgehead atoms. The number of imidazole rings is 1. The molecule has 5 nitrogen and oxygen atoms in total. The summed E-state index contributed by atoms with van der Waals surface area (Å²) in [5.41, 5.74) is 0. The zero-order valence-corrected chi connectivity index (χ0v) is 13.7. The van der Waals surface area contributed by atoms with Gasteiger partial charge in [-0.15, -0.1) is 0 Å². The summed E-state index contributed by atoms with van der Waals surface area (Å²) in [6, 6.07) is 5.15. The van der Waals surface area contributed by atoms with Crippen LogP contribution in [0.2, 0.25) is 5.02 Å². The molecule has 1 heterocycles. The largest absolute Gasteiger partial charge is 0.480 e. The Morgan fingerprint density at radius 1 is 1.57 bits per heavy atom. The van der Waals surface area contributed by atoms with Crippen LogP contribution < -0.4 is 10.1 Å². The van der Waals surface area contributed by atoms with Crippen LogP contribution in [0.25, 0.3) is 0 Å². The van der Waals surface area contributed by atoms with Gasteiger partial charge in [0.2, 0.25) is 0 Å². The maximum absolute atomic E-state index is 11.9. The first kappa shape index (κ1) is 15.9. The van der Waals surface area contributed by atoms with Crippen molar-refractivity contribution in [2.75, 3.05) is 6.54 Å². The van der Waals surface area contributed by atoms with Gasteiger partial charge < -0.3 is 15.0 Å². The second kappa shape index (κ2) is 7.47. The molecule has 2 N–H and O–H groups in total. The quantitative estimate of drug-likeness (QED) is 0.819. The first-order chi connectivity index (χ1) is 10.1. The van der Waals surface area contributed by atoms with E-state index in [0.29, 0.717) is 28.2 Å². The lowest BCUT2D eigenvalue weighted by Gasteiger charge is -2.15. The van der Waals surface area contributed by atoms with E-state index in [1.807, 2.05) is 0 Å². The Hall–Kier alpha value is -1.53. The third-order valence-corrected chi connectivity index (χ3v) is 3.64. The van der Waals surface area contributed by atoms with Crippen LogP contribution in [0.5, 0.6) is 5.75 Å². The Kier molecular flexibility index (Phi) is 5.64. The number of H-pyrrole nitrogens is 1. The van der Waals surface area contributed by atoms with Gasteiger partial charge in [0.25, 0.3) is 5.91 Å². The summed E-state index contributed by atoms with van der Waals surface area (Å²) < 4.78 is 6.32. The van der Waals surface area contributed by atoms with Gasteiger partial charge in [0, 0.05) is 30.4 Å². The van der Waals surface area contributed by atoms with Crippen molar-refractivity contribution in [2.24, 2.45) is 0 Å². The Morgan fingerprint density at radius 2 is 2.38 bits per heavy atom. The molecule has 2 aromatic rings. The molecule has 2 rings (SSSR count). The van der Waals surface area contributed by atoms with Crippen molar-refractivity contribution < 1.29 is 9.53 Å². The first-order valence-electron chi connectivity index (χ1n) is 6.44. The fourth-order valence-electron chi connectivity index (χ4n) is 1.70. The summed E-state index contributed by atoms with van der Waals surface area (Å²) in [5.74, 6) is 1.24. The highest BCUT2D eigenvalue weighted by molar-refractivity contribution is 9.10. The van der Waals surface area contributed by atoms with Crippen molar-refractivity contribution in [2.45, 2.75) is 19.4 Å². The molecule has 0 aliphatic rings. The van der Waals surface area contributed by atoms with Crippen molar-refractivity contribution in [3.05, 3.63) is 45.9 Å². The average molecular weight is 373 g/mol. The highest BCUT2D eigenvalue weighted by Crippen LogP contribution is 2.28. The van der Waals surface area contributed by atoms with Crippen LogP contribution in [0.15, 0.2) is 35.1 Å². The molecule has 0 aliphatic heterocycles. The maximum Gasteiger partial charge on any atom is 0.260 e. The molecule has 0 spiro atoms. The molecule has 0 aliphatic carbocycles. The average Bonchev–Trinajstić information content (AvgIpc) is 2.95. The van der Waals surface area contributed by atoms with Gasteiger partial charge in [-0.25, -0.2) is 4.98 Å². The fraction of sp³-hybridized carbons (Fsp3) is 0.286. The van der Waals surface area contributed by atoms with E-state index in [2.05, 4.69) is 31.2 Å². The first-order valence-corrected chi connectivity index (χ1v) is 7.61. The number of ether oxygens (including phenoxy) is 1. The van der Waals surface area contributed by atoms with Crippen LogP contribution in [0.1, 0.15) is 12.7 Å². The Bertz CT molecular complexity index is 604. The fourth-order valence-corrected chi connectivity index (χ4v) is 2.47. The second-order valence-corrected chi connectivity index (χ2v) is 5.70. The predicted octanol–water partition coefficient (Wildman–Crippen LogP) is 2.95. The van der Waals surface area contributed by atoms with E-state index in [0.717, 1.165) is 5.82 Å². The van der Waals surface area contributed by atoms with Gasteiger partial charge in [0.05, 0.1) is 4.47 Å². The van der Waals surface area contributed by atoms with Gasteiger partial charge in [-0.3, -0.25) is 4.79 Å². The van der Waals surface area contributed by atoms with Gasteiger partial charge in [0.15, 0.2) is 6.10 Å². The van der Waals surface area contributed by atoms with Crippen LogP contribution in [-0.2, 0) is 11.2 Å². The minimum absolute atomic E-state index is 0.177. The number of aromatic nitrogens is 2. The lowest BCUT2D eigenvalue weighted by atomic mass is 10.3. The van der Waals surface area contributed by atoms with Gasteiger partial charge in [-0.05, 0) is 41.1 Å². The molecule has 0 saturated carbocycles. The normalized spacial score (nSPS) is 12.0. The van der Waals surface area contributed by atoms with E-state index < -0.39 is 6.10 Å². The molecule has 21 heavy (non-hydrogen) atoms. The molecule has 1 atom stereocenters. The lowest BCUT2D eigenvalue weighted by molar-refractivity contribution is -0.127. The molecule has 7 heteroatoms. The Morgan fingerprint density at radius 3 is 3.05 bits per heavy atom. The number of carbonyl (C=O) groups is 1. The van der Waals surface area contributed by atoms with Gasteiger partial charge in [-0.1, -0.05) is 11.6 Å². The molecular weight excluding hydrogens is 358 g/mol. The van der Waals surface area contributed by atoms with E-state index in [1.165, 1.54) is 0 Å². The second-order valence-electron chi connectivity index (χ2n) is 4.41. The lowest BCUT2D eigenvalue weighted by Crippen LogP contribution is -2.37. The summed E-state index contributed by atoms with van der Waals surface area (Å²) in [4.78, 5) is 19.0. The number of carbonyl (C=O) groups excluding carboxylic acids is 1. The predicted molar refractivity (Wildman–Crippen MR) is 84.5 cm³/mol. The van der Waals surface area contributed by atoms with Crippen LogP contribution in [-0.4, -0.2) is 28.5 Å². The summed E-state index contributed by atoms with van der Waals surface area (Å²) >= 11 is 9.21. The number of nitrogens with one attached hydrogen (secondary N) is 2. The van der Waals surface area contributed by atoms with Crippen molar-refractivity contribution in [3.8, 4) is 5.75 Å². The topological polar surface area (TPSA) is 67.0 Å². The van der Waals surface area contributed by atoms with Crippen LogP contribution in [0.4, 0.5) is 0 Å². The van der Waals surface area contributed by atoms with Crippen molar-refractivity contribution in [1.29, 1.82) is 0 Å². The number of rotatable bonds is 6. The van der Waals surface area contributed by atoms with E-state index in [4.69, 9.17) is 16.3 Å². The number of hydrogen-bond acceptors (Lipinski definition) is 3. The molecule has 1 unspecified atom stereocenters. The third kappa shape index (κ3) is 4.75. The molecule has 1 aromatic heterocycles. The van der Waals surface area contributed by atoms with E-state index in [1.54, 1.807) is 37.5 Å². The van der Waals surface area contributed by atoms with Crippen molar-refractivity contribution in [1.82, 2.24) is 15.3 Å². The zero-order valence-electron chi connectivity index (χ0n) is 11.4. The summed E-state index contributed by atoms with van der Waals surface area (Å²) in [5, 5.41) is 3.41. The summed E-state index contributed by atoms with van der Waals surface area (Å²) in [6.07, 6.45) is 3.48. The monoisotopic (exact) mass is 371 g/mol. The number of aromatic amines is 1. The van der Waals surface area contributed by atoms with E-state index in [-0.39, 0.29) is 5.91 Å². The van der Waals surface area contributed by atoms with Crippen molar-refractivity contribution in [3.63, 3.8) is 0 Å². The smallest absolute Gasteiger partial charge is 0.260 e. The van der Waals surface area contributed by atoms with Gasteiger partial charge >= 0.3 is 0 Å². The highest BCUT2D eigenvalue weighted by Gasteiger charge is 2.15. The van der Waals surface area contributed by atoms with E-state index in [9.17, 15) is 4.79 Å². The molecular formula is C14H15BrClN3O2. The van der Waals surface area contributed by atoms with Gasteiger partial charge in [0.1, 0.15) is 11.6 Å². The molecule has 1 aromatic carbocycles. The highest BCUT2D eigenvalue weighted by atomic mass is 79.9. The summed E-state index contributed by atoms with van der Waals surface area (Å²) in [7, 11) is 0. The molecule has 0 radical (unpaired) electrons. The summed E-state index contributed by atoms with van der Waals surface area (Å²) in [6.45, 7) is 2.20. The van der Waals surface area contributed by atoms with E-state index >= 15 is 0 Å². The zero-order chi connectivity index (χ0) is 15.2. The minimum atomic E-state index is -0.598. The number of benzene rings is 1. The maximum atomic E-state index is 11.9. The minimum Gasteiger partial charge on any atom is -0.480 e. The molecule has 112 valence electrons. The van der Waals surface area contributed by atoms with Gasteiger partial charge in [-0.2, -0.15) is 0 Å². The standard InChI is InChI=1S/C14H15BrClN3O2/c1-9(21-12-3-2-10(16)8-11(12)15)14(20)19-5-4-13-17-6-7-18-13/h2-3,6-9H,4-5H2,1H3,(H,17,18)(H,19,20). The number of hydrogen-bond donors (Lipinski definition) is 2. The van der Waals surface area contributed by atoms with Crippen LogP contribution >= 0.6 is 27.5 Å². The molecule has 1 amide bonds. The number of nitrogens with zero attached hydrogens (tertiary/aromatic N) is 1. The number of halogens is 2. The van der Waals surface area contributed by atoms with Crippen LogP contribution in [0, 0.1) is 0 Å². The third-order valence-electron chi connectivity index (χ3n) is 2.78. The SMILES string of the molecule is CC(Oc1ccc(Cl)cc1Br)C(=O)NCCc1ncc[nH]1. The van der Waals surface area contributed by atoms with Crippen LogP contribution in [0.3, 0.4) is 0 Å².